The molecular weight excluding hydrogens is 264 g/mol. The Bertz CT molecular complexity index is 336. The molecule has 1 atom stereocenters. The van der Waals surface area contributed by atoms with Gasteiger partial charge in [-0.2, -0.15) is 0 Å². The maximum Gasteiger partial charge on any atom is 0.0632 e. The topological polar surface area (TPSA) is 44.7 Å². The molecular formula is C17H32N2O2. The molecule has 2 heterocycles. The Morgan fingerprint density at radius 2 is 1.90 bits per heavy atom. The highest BCUT2D eigenvalue weighted by Gasteiger charge is 2.37. The van der Waals surface area contributed by atoms with Gasteiger partial charge in [0.1, 0.15) is 0 Å². The molecule has 0 amide bonds. The van der Waals surface area contributed by atoms with Gasteiger partial charge >= 0.3 is 0 Å². The zero-order valence-corrected chi connectivity index (χ0v) is 13.6. The van der Waals surface area contributed by atoms with Crippen molar-refractivity contribution in [3.05, 3.63) is 0 Å². The largest absolute Gasteiger partial charge is 0.390 e. The molecule has 0 radical (unpaired) electrons. The van der Waals surface area contributed by atoms with Crippen LogP contribution in [0, 0.1) is 5.41 Å². The van der Waals surface area contributed by atoms with Crippen LogP contribution in [0.3, 0.4) is 0 Å². The lowest BCUT2D eigenvalue weighted by atomic mass is 9.79. The molecule has 3 fully saturated rings. The normalized spacial score (nSPS) is 34.6. The number of aliphatic hydroxyl groups is 1. The highest BCUT2D eigenvalue weighted by atomic mass is 16.5. The van der Waals surface area contributed by atoms with Crippen molar-refractivity contribution in [2.45, 2.75) is 63.5 Å². The standard InChI is InChI=1S/C17H32N2O2/c1-16(20)5-2-9-19(10-6-16)14-17(7-11-21-12-8-17)13-18-15-3-4-15/h15,18,20H,2-14H2,1H3. The van der Waals surface area contributed by atoms with Crippen molar-refractivity contribution in [1.82, 2.24) is 10.2 Å². The number of hydrogen-bond acceptors (Lipinski definition) is 4. The molecule has 4 nitrogen and oxygen atoms in total. The van der Waals surface area contributed by atoms with Crippen molar-refractivity contribution < 1.29 is 9.84 Å². The number of nitrogens with one attached hydrogen (secondary N) is 1. The first-order valence-electron chi connectivity index (χ1n) is 8.83. The summed E-state index contributed by atoms with van der Waals surface area (Å²) in [6.45, 7) is 8.33. The number of ether oxygens (including phenoxy) is 1. The summed E-state index contributed by atoms with van der Waals surface area (Å²) in [7, 11) is 0. The first-order valence-corrected chi connectivity index (χ1v) is 8.83. The maximum atomic E-state index is 10.3. The average molecular weight is 296 g/mol. The molecule has 3 rings (SSSR count). The lowest BCUT2D eigenvalue weighted by Gasteiger charge is -2.41. The minimum absolute atomic E-state index is 0.386. The molecule has 21 heavy (non-hydrogen) atoms. The fraction of sp³-hybridized carbons (Fsp3) is 1.00. The Labute approximate surface area is 129 Å². The predicted octanol–water partition coefficient (Wildman–Crippen LogP) is 1.77. The van der Waals surface area contributed by atoms with Gasteiger partial charge in [0.2, 0.25) is 0 Å². The van der Waals surface area contributed by atoms with Gasteiger partial charge in [-0.3, -0.25) is 0 Å². The van der Waals surface area contributed by atoms with E-state index in [2.05, 4.69) is 10.2 Å². The second-order valence-corrected chi connectivity index (χ2v) is 7.89. The molecule has 0 spiro atoms. The third-order valence-electron chi connectivity index (χ3n) is 5.61. The lowest BCUT2D eigenvalue weighted by Crippen LogP contribution is -2.48. The van der Waals surface area contributed by atoms with E-state index >= 15 is 0 Å². The van der Waals surface area contributed by atoms with Crippen molar-refractivity contribution in [3.63, 3.8) is 0 Å². The summed E-state index contributed by atoms with van der Waals surface area (Å²) < 4.78 is 5.61. The van der Waals surface area contributed by atoms with E-state index in [-0.39, 0.29) is 0 Å². The fourth-order valence-electron chi connectivity index (χ4n) is 3.80. The SMILES string of the molecule is CC1(O)CCCN(CC2(CNC3CC3)CCOCC2)CC1. The Morgan fingerprint density at radius 3 is 2.62 bits per heavy atom. The van der Waals surface area contributed by atoms with Gasteiger partial charge < -0.3 is 20.1 Å². The Hall–Kier alpha value is -0.160. The highest BCUT2D eigenvalue weighted by molar-refractivity contribution is 4.92. The van der Waals surface area contributed by atoms with Crippen molar-refractivity contribution in [2.75, 3.05) is 39.4 Å². The van der Waals surface area contributed by atoms with E-state index in [1.165, 1.54) is 32.2 Å². The average Bonchev–Trinajstić information content (AvgIpc) is 3.28. The number of nitrogens with zero attached hydrogens (tertiary/aromatic N) is 1. The molecule has 0 aromatic carbocycles. The minimum Gasteiger partial charge on any atom is -0.390 e. The van der Waals surface area contributed by atoms with Gasteiger partial charge in [-0.15, -0.1) is 0 Å². The lowest BCUT2D eigenvalue weighted by molar-refractivity contribution is -0.00630. The highest BCUT2D eigenvalue weighted by Crippen LogP contribution is 2.33. The van der Waals surface area contributed by atoms with Gasteiger partial charge in [-0.25, -0.2) is 0 Å². The van der Waals surface area contributed by atoms with Crippen LogP contribution in [0.25, 0.3) is 0 Å². The van der Waals surface area contributed by atoms with Crippen molar-refractivity contribution in [1.29, 1.82) is 0 Å². The van der Waals surface area contributed by atoms with Gasteiger partial charge in [0, 0.05) is 38.9 Å². The molecule has 0 aromatic heterocycles. The third-order valence-corrected chi connectivity index (χ3v) is 5.61. The Kier molecular flexibility index (Phi) is 4.89. The number of rotatable bonds is 5. The van der Waals surface area contributed by atoms with E-state index in [0.717, 1.165) is 58.2 Å². The Morgan fingerprint density at radius 1 is 1.14 bits per heavy atom. The van der Waals surface area contributed by atoms with Gasteiger partial charge in [0.05, 0.1) is 5.60 Å². The van der Waals surface area contributed by atoms with Crippen LogP contribution in [-0.2, 0) is 4.74 Å². The first kappa shape index (κ1) is 15.7. The summed E-state index contributed by atoms with van der Waals surface area (Å²) in [6, 6.07) is 0.787. The van der Waals surface area contributed by atoms with E-state index < -0.39 is 5.60 Å². The summed E-state index contributed by atoms with van der Waals surface area (Å²) in [6.07, 6.45) is 8.06. The van der Waals surface area contributed by atoms with Crippen LogP contribution in [0.5, 0.6) is 0 Å². The second kappa shape index (κ2) is 6.53. The summed E-state index contributed by atoms with van der Waals surface area (Å²) in [4.78, 5) is 2.60. The van der Waals surface area contributed by atoms with E-state index in [4.69, 9.17) is 4.74 Å². The van der Waals surface area contributed by atoms with Gasteiger partial charge in [-0.1, -0.05) is 0 Å². The van der Waals surface area contributed by atoms with Crippen molar-refractivity contribution in [2.24, 2.45) is 5.41 Å². The minimum atomic E-state index is -0.455. The van der Waals surface area contributed by atoms with Crippen LogP contribution in [0.2, 0.25) is 0 Å². The van der Waals surface area contributed by atoms with Crippen molar-refractivity contribution in [3.8, 4) is 0 Å². The van der Waals surface area contributed by atoms with E-state index in [1.807, 2.05) is 6.92 Å². The van der Waals surface area contributed by atoms with Crippen LogP contribution in [-0.4, -0.2) is 61.0 Å². The molecule has 1 saturated carbocycles. The molecule has 3 aliphatic rings. The summed E-state index contributed by atoms with van der Waals surface area (Å²) in [5.41, 5.74) is -0.0686. The van der Waals surface area contributed by atoms with Crippen LogP contribution < -0.4 is 5.32 Å². The quantitative estimate of drug-likeness (QED) is 0.812. The van der Waals surface area contributed by atoms with Crippen LogP contribution in [0.15, 0.2) is 0 Å². The second-order valence-electron chi connectivity index (χ2n) is 7.89. The molecule has 2 saturated heterocycles. The van der Waals surface area contributed by atoms with E-state index in [1.54, 1.807) is 0 Å². The van der Waals surface area contributed by atoms with E-state index in [0.29, 0.717) is 5.41 Å². The summed E-state index contributed by atoms with van der Waals surface area (Å²) in [5.74, 6) is 0. The zero-order valence-electron chi connectivity index (χ0n) is 13.6. The molecule has 1 aliphatic carbocycles. The fourth-order valence-corrected chi connectivity index (χ4v) is 3.80. The summed E-state index contributed by atoms with van der Waals surface area (Å²) in [5, 5.41) is 14.0. The molecule has 2 aliphatic heterocycles. The van der Waals surface area contributed by atoms with Crippen LogP contribution in [0.1, 0.15) is 51.9 Å². The number of hydrogen-bond donors (Lipinski definition) is 2. The number of likely N-dealkylation sites (tertiary alicyclic amines) is 1. The molecule has 122 valence electrons. The third kappa shape index (κ3) is 4.65. The smallest absolute Gasteiger partial charge is 0.0632 e. The molecule has 0 bridgehead atoms. The molecule has 1 unspecified atom stereocenters. The Balaban J connectivity index is 1.57. The summed E-state index contributed by atoms with van der Waals surface area (Å²) >= 11 is 0. The van der Waals surface area contributed by atoms with Crippen LogP contribution in [0.4, 0.5) is 0 Å². The van der Waals surface area contributed by atoms with Gasteiger partial charge in [-0.05, 0) is 63.8 Å². The molecule has 4 heteroatoms. The predicted molar refractivity (Wildman–Crippen MR) is 84.4 cm³/mol. The molecule has 2 N–H and O–H groups in total. The molecule has 0 aromatic rings. The monoisotopic (exact) mass is 296 g/mol. The zero-order chi connectivity index (χ0) is 14.8. The van der Waals surface area contributed by atoms with Crippen molar-refractivity contribution >= 4 is 0 Å². The van der Waals surface area contributed by atoms with Crippen LogP contribution >= 0.6 is 0 Å². The maximum absolute atomic E-state index is 10.3. The van der Waals surface area contributed by atoms with Gasteiger partial charge in [0.25, 0.3) is 0 Å². The first-order chi connectivity index (χ1) is 10.1. The van der Waals surface area contributed by atoms with E-state index in [9.17, 15) is 5.11 Å². The van der Waals surface area contributed by atoms with Gasteiger partial charge in [0.15, 0.2) is 0 Å².